The Hall–Kier alpha value is -2.63. The molecule has 0 aliphatic rings. The molecule has 0 aliphatic heterocycles. The molecule has 1 heterocycles. The van der Waals surface area contributed by atoms with Crippen molar-refractivity contribution in [2.45, 2.75) is 0 Å². The lowest BCUT2D eigenvalue weighted by atomic mass is 10.0. The number of hydrogen-bond donors (Lipinski definition) is 2. The van der Waals surface area contributed by atoms with Crippen molar-refractivity contribution in [3.05, 3.63) is 41.7 Å². The molecule has 92 valence electrons. The van der Waals surface area contributed by atoms with E-state index in [4.69, 9.17) is 10.5 Å². The second-order valence-corrected chi connectivity index (χ2v) is 3.54. The van der Waals surface area contributed by atoms with Crippen molar-refractivity contribution in [2.24, 2.45) is 0 Å². The molecule has 6 heteroatoms. The van der Waals surface area contributed by atoms with E-state index in [1.807, 2.05) is 0 Å². The number of methoxy groups -OCH3 is 1. The summed E-state index contributed by atoms with van der Waals surface area (Å²) in [6.45, 7) is 0. The fourth-order valence-corrected chi connectivity index (χ4v) is 1.44. The molecule has 0 saturated heterocycles. The van der Waals surface area contributed by atoms with E-state index >= 15 is 0 Å². The van der Waals surface area contributed by atoms with Crippen molar-refractivity contribution in [1.82, 2.24) is 9.97 Å². The molecule has 0 saturated carbocycles. The minimum Gasteiger partial charge on any atom is -0.507 e. The third-order valence-electron chi connectivity index (χ3n) is 2.38. The maximum atomic E-state index is 12.1. The van der Waals surface area contributed by atoms with Crippen molar-refractivity contribution >= 4 is 11.7 Å². The number of phenols is 1. The van der Waals surface area contributed by atoms with Gasteiger partial charge in [0.2, 0.25) is 5.95 Å². The van der Waals surface area contributed by atoms with E-state index in [-0.39, 0.29) is 28.6 Å². The van der Waals surface area contributed by atoms with Gasteiger partial charge in [-0.1, -0.05) is 0 Å². The summed E-state index contributed by atoms with van der Waals surface area (Å²) in [6.07, 6.45) is 2.63. The Morgan fingerprint density at radius 2 is 2.00 bits per heavy atom. The topological polar surface area (TPSA) is 98.3 Å². The van der Waals surface area contributed by atoms with Crippen LogP contribution in [0.2, 0.25) is 0 Å². The van der Waals surface area contributed by atoms with E-state index in [2.05, 4.69) is 9.97 Å². The van der Waals surface area contributed by atoms with Gasteiger partial charge in [0.05, 0.1) is 18.2 Å². The molecule has 0 spiro atoms. The van der Waals surface area contributed by atoms with E-state index in [0.29, 0.717) is 5.75 Å². The van der Waals surface area contributed by atoms with Gasteiger partial charge in [0.1, 0.15) is 11.5 Å². The predicted molar refractivity (Wildman–Crippen MR) is 64.5 cm³/mol. The lowest BCUT2D eigenvalue weighted by molar-refractivity contribution is 0.103. The fraction of sp³-hybridized carbons (Fsp3) is 0.0833. The van der Waals surface area contributed by atoms with Crippen LogP contribution in [0.15, 0.2) is 30.6 Å². The van der Waals surface area contributed by atoms with Gasteiger partial charge in [-0.3, -0.25) is 4.79 Å². The highest BCUT2D eigenvalue weighted by Gasteiger charge is 2.14. The summed E-state index contributed by atoms with van der Waals surface area (Å²) in [5, 5.41) is 9.74. The molecule has 3 N–H and O–H groups in total. The minimum absolute atomic E-state index is 0.0884. The second-order valence-electron chi connectivity index (χ2n) is 3.54. The molecule has 0 aliphatic carbocycles. The molecule has 1 aromatic carbocycles. The van der Waals surface area contributed by atoms with E-state index in [1.54, 1.807) is 6.07 Å². The standard InChI is InChI=1S/C12H11N3O3/c1-18-8-2-3-9(10(16)4-8)11(17)7-5-14-12(13)15-6-7/h2-6,16H,1H3,(H2,13,14,15). The van der Waals surface area contributed by atoms with Crippen molar-refractivity contribution in [3.8, 4) is 11.5 Å². The average Bonchev–Trinajstić information content (AvgIpc) is 2.38. The number of nitrogen functional groups attached to an aromatic ring is 1. The molecular weight excluding hydrogens is 234 g/mol. The summed E-state index contributed by atoms with van der Waals surface area (Å²) in [5.41, 5.74) is 5.74. The van der Waals surface area contributed by atoms with Crippen LogP contribution >= 0.6 is 0 Å². The summed E-state index contributed by atoms with van der Waals surface area (Å²) in [5.74, 6) is 0.0226. The molecule has 0 radical (unpaired) electrons. The first-order valence-electron chi connectivity index (χ1n) is 5.11. The molecule has 0 atom stereocenters. The minimum atomic E-state index is -0.379. The van der Waals surface area contributed by atoms with Gasteiger partial charge in [0.15, 0.2) is 5.78 Å². The second kappa shape index (κ2) is 4.70. The monoisotopic (exact) mass is 245 g/mol. The van der Waals surface area contributed by atoms with Crippen molar-refractivity contribution in [3.63, 3.8) is 0 Å². The first kappa shape index (κ1) is 11.8. The summed E-state index contributed by atoms with van der Waals surface area (Å²) >= 11 is 0. The number of anilines is 1. The van der Waals surface area contributed by atoms with Gasteiger partial charge in [0.25, 0.3) is 0 Å². The number of aromatic nitrogens is 2. The number of aromatic hydroxyl groups is 1. The Balaban J connectivity index is 2.37. The summed E-state index contributed by atoms with van der Waals surface area (Å²) in [6, 6.07) is 4.43. The largest absolute Gasteiger partial charge is 0.507 e. The van der Waals surface area contributed by atoms with Crippen molar-refractivity contribution in [2.75, 3.05) is 12.8 Å². The van der Waals surface area contributed by atoms with Gasteiger partial charge in [-0.2, -0.15) is 0 Å². The summed E-state index contributed by atoms with van der Waals surface area (Å²) < 4.78 is 4.94. The van der Waals surface area contributed by atoms with Crippen LogP contribution in [-0.2, 0) is 0 Å². The number of ketones is 1. The van der Waals surface area contributed by atoms with Gasteiger partial charge < -0.3 is 15.6 Å². The van der Waals surface area contributed by atoms with Gasteiger partial charge in [-0.15, -0.1) is 0 Å². The SMILES string of the molecule is COc1ccc(C(=O)c2cnc(N)nc2)c(O)c1. The molecule has 6 nitrogen and oxygen atoms in total. The van der Waals surface area contributed by atoms with Crippen LogP contribution in [0, 0.1) is 0 Å². The van der Waals surface area contributed by atoms with Crippen LogP contribution in [0.25, 0.3) is 0 Å². The number of rotatable bonds is 3. The lowest BCUT2D eigenvalue weighted by Gasteiger charge is -2.05. The van der Waals surface area contributed by atoms with Crippen molar-refractivity contribution < 1.29 is 14.6 Å². The average molecular weight is 245 g/mol. The number of carbonyl (C=O) groups is 1. The van der Waals surface area contributed by atoms with Crippen LogP contribution in [-0.4, -0.2) is 28.0 Å². The molecule has 2 rings (SSSR count). The van der Waals surface area contributed by atoms with E-state index in [1.165, 1.54) is 31.6 Å². The molecule has 0 unspecified atom stereocenters. The zero-order valence-electron chi connectivity index (χ0n) is 9.62. The summed E-state index contributed by atoms with van der Waals surface area (Å²) in [4.78, 5) is 19.5. The van der Waals surface area contributed by atoms with Gasteiger partial charge in [0, 0.05) is 18.5 Å². The van der Waals surface area contributed by atoms with Crippen LogP contribution in [0.4, 0.5) is 5.95 Å². The van der Waals surface area contributed by atoms with Crippen LogP contribution in [0.5, 0.6) is 11.5 Å². The van der Waals surface area contributed by atoms with Gasteiger partial charge in [-0.05, 0) is 12.1 Å². The smallest absolute Gasteiger partial charge is 0.219 e. The van der Waals surface area contributed by atoms with E-state index < -0.39 is 0 Å². The molecule has 0 fully saturated rings. The highest BCUT2D eigenvalue weighted by Crippen LogP contribution is 2.25. The van der Waals surface area contributed by atoms with Crippen LogP contribution in [0.1, 0.15) is 15.9 Å². The molecule has 18 heavy (non-hydrogen) atoms. The molecule has 1 aromatic heterocycles. The number of ether oxygens (including phenoxy) is 1. The predicted octanol–water partition coefficient (Wildman–Crippen LogP) is 1.00. The highest BCUT2D eigenvalue weighted by atomic mass is 16.5. The maximum absolute atomic E-state index is 12.1. The van der Waals surface area contributed by atoms with E-state index in [9.17, 15) is 9.90 Å². The Bertz CT molecular complexity index is 582. The number of nitrogens with two attached hydrogens (primary N) is 1. The first-order valence-corrected chi connectivity index (χ1v) is 5.11. The van der Waals surface area contributed by atoms with Crippen LogP contribution in [0.3, 0.4) is 0 Å². The number of benzene rings is 1. The maximum Gasteiger partial charge on any atom is 0.219 e. The Kier molecular flexibility index (Phi) is 3.09. The number of nitrogens with zero attached hydrogens (tertiary/aromatic N) is 2. The van der Waals surface area contributed by atoms with Gasteiger partial charge >= 0.3 is 0 Å². The molecule has 2 aromatic rings. The van der Waals surface area contributed by atoms with Gasteiger partial charge in [-0.25, -0.2) is 9.97 Å². The molecule has 0 amide bonds. The number of carbonyl (C=O) groups excluding carboxylic acids is 1. The molecular formula is C12H11N3O3. The number of phenolic OH excluding ortho intramolecular Hbond substituents is 1. The Labute approximate surface area is 103 Å². The zero-order chi connectivity index (χ0) is 13.1. The lowest BCUT2D eigenvalue weighted by Crippen LogP contribution is -2.04. The van der Waals surface area contributed by atoms with Crippen LogP contribution < -0.4 is 10.5 Å². The third-order valence-corrected chi connectivity index (χ3v) is 2.38. The third kappa shape index (κ3) is 2.22. The highest BCUT2D eigenvalue weighted by molar-refractivity contribution is 6.10. The number of hydrogen-bond acceptors (Lipinski definition) is 6. The molecule has 0 bridgehead atoms. The quantitative estimate of drug-likeness (QED) is 0.783. The Morgan fingerprint density at radius 3 is 2.56 bits per heavy atom. The zero-order valence-corrected chi connectivity index (χ0v) is 9.62. The first-order chi connectivity index (χ1) is 8.61. The normalized spacial score (nSPS) is 10.1. The Morgan fingerprint density at radius 1 is 1.33 bits per heavy atom. The van der Waals surface area contributed by atoms with Crippen molar-refractivity contribution in [1.29, 1.82) is 0 Å². The fourth-order valence-electron chi connectivity index (χ4n) is 1.44. The van der Waals surface area contributed by atoms with E-state index in [0.717, 1.165) is 0 Å². The summed E-state index contributed by atoms with van der Waals surface area (Å²) in [7, 11) is 1.48.